The van der Waals surface area contributed by atoms with E-state index in [1.54, 1.807) is 0 Å². The smallest absolute Gasteiger partial charge is 0.164 e. The highest BCUT2D eigenvalue weighted by Crippen LogP contribution is 2.33. The summed E-state index contributed by atoms with van der Waals surface area (Å²) in [6.45, 7) is 0. The van der Waals surface area contributed by atoms with E-state index in [0.717, 1.165) is 32.3 Å². The standard InChI is InChI=1S/C27H17BrClN3/c28-21-15-20(16-22(29)17-21)26-30-25(19-11-5-2-6-12-19)31-27(32-26)24-14-8-7-13-23(24)18-9-3-1-4-10-18/h1-17H. The Labute approximate surface area is 199 Å². The molecule has 0 unspecified atom stereocenters. The number of rotatable bonds is 4. The van der Waals surface area contributed by atoms with Crippen molar-refractivity contribution in [2.75, 3.05) is 0 Å². The number of nitrogens with zero attached hydrogens (tertiary/aromatic N) is 3. The van der Waals surface area contributed by atoms with Gasteiger partial charge in [0.2, 0.25) is 0 Å². The summed E-state index contributed by atoms with van der Waals surface area (Å²) in [6, 6.07) is 34.0. The first kappa shape index (κ1) is 20.6. The number of hydrogen-bond donors (Lipinski definition) is 0. The van der Waals surface area contributed by atoms with Crippen molar-refractivity contribution in [1.82, 2.24) is 15.0 Å². The molecule has 0 N–H and O–H groups in total. The number of hydrogen-bond acceptors (Lipinski definition) is 3. The number of halogens is 2. The van der Waals surface area contributed by atoms with Gasteiger partial charge in [0, 0.05) is 26.2 Å². The molecule has 32 heavy (non-hydrogen) atoms. The molecule has 0 saturated carbocycles. The molecule has 0 aliphatic carbocycles. The van der Waals surface area contributed by atoms with Crippen LogP contribution in [0, 0.1) is 0 Å². The van der Waals surface area contributed by atoms with Crippen molar-refractivity contribution < 1.29 is 0 Å². The monoisotopic (exact) mass is 497 g/mol. The van der Waals surface area contributed by atoms with Gasteiger partial charge in [-0.1, -0.05) is 112 Å². The predicted octanol–water partition coefficient (Wildman–Crippen LogP) is 7.96. The molecule has 0 amide bonds. The van der Waals surface area contributed by atoms with Crippen LogP contribution in [0.4, 0.5) is 0 Å². The molecule has 0 aliphatic rings. The zero-order chi connectivity index (χ0) is 21.9. The molecule has 0 spiro atoms. The van der Waals surface area contributed by atoms with Crippen LogP contribution < -0.4 is 0 Å². The van der Waals surface area contributed by atoms with Gasteiger partial charge in [-0.25, -0.2) is 15.0 Å². The quantitative estimate of drug-likeness (QED) is 0.252. The van der Waals surface area contributed by atoms with Gasteiger partial charge in [-0.05, 0) is 29.3 Å². The summed E-state index contributed by atoms with van der Waals surface area (Å²) in [5, 5.41) is 0.613. The van der Waals surface area contributed by atoms with Crippen LogP contribution in [0.25, 0.3) is 45.3 Å². The summed E-state index contributed by atoms with van der Waals surface area (Å²) < 4.78 is 0.868. The van der Waals surface area contributed by atoms with Crippen molar-refractivity contribution in [2.24, 2.45) is 0 Å². The lowest BCUT2D eigenvalue weighted by atomic mass is 9.99. The highest BCUT2D eigenvalue weighted by molar-refractivity contribution is 9.10. The predicted molar refractivity (Wildman–Crippen MR) is 134 cm³/mol. The Balaban J connectivity index is 1.75. The van der Waals surface area contributed by atoms with Crippen LogP contribution in [0.3, 0.4) is 0 Å². The van der Waals surface area contributed by atoms with Crippen molar-refractivity contribution in [2.45, 2.75) is 0 Å². The van der Waals surface area contributed by atoms with Crippen LogP contribution in [0.1, 0.15) is 0 Å². The summed E-state index contributed by atoms with van der Waals surface area (Å²) in [7, 11) is 0. The molecule has 0 fully saturated rings. The Bertz CT molecular complexity index is 1370. The first-order valence-corrected chi connectivity index (χ1v) is 11.3. The SMILES string of the molecule is Clc1cc(Br)cc(-c2nc(-c3ccccc3)nc(-c3ccccc3-c3ccccc3)n2)c1. The van der Waals surface area contributed by atoms with Crippen LogP contribution in [0.2, 0.25) is 5.02 Å². The lowest BCUT2D eigenvalue weighted by molar-refractivity contribution is 1.07. The molecule has 1 aromatic heterocycles. The largest absolute Gasteiger partial charge is 0.208 e. The average molecular weight is 499 g/mol. The lowest BCUT2D eigenvalue weighted by Crippen LogP contribution is -2.01. The maximum Gasteiger partial charge on any atom is 0.164 e. The molecule has 0 saturated heterocycles. The van der Waals surface area contributed by atoms with E-state index in [9.17, 15) is 0 Å². The normalized spacial score (nSPS) is 10.8. The average Bonchev–Trinajstić information content (AvgIpc) is 2.84. The Hall–Kier alpha value is -3.34. The van der Waals surface area contributed by atoms with Crippen molar-refractivity contribution >= 4 is 27.5 Å². The molecule has 4 aromatic carbocycles. The fraction of sp³-hybridized carbons (Fsp3) is 0. The summed E-state index contributed by atoms with van der Waals surface area (Å²) in [6.07, 6.45) is 0. The molecule has 5 heteroatoms. The van der Waals surface area contributed by atoms with Crippen LogP contribution in [0.5, 0.6) is 0 Å². The highest BCUT2D eigenvalue weighted by atomic mass is 79.9. The molecular weight excluding hydrogens is 482 g/mol. The summed E-state index contributed by atoms with van der Waals surface area (Å²) >= 11 is 9.84. The topological polar surface area (TPSA) is 38.7 Å². The van der Waals surface area contributed by atoms with Gasteiger partial charge in [0.15, 0.2) is 17.5 Å². The van der Waals surface area contributed by atoms with E-state index < -0.39 is 0 Å². The highest BCUT2D eigenvalue weighted by Gasteiger charge is 2.15. The van der Waals surface area contributed by atoms with Crippen molar-refractivity contribution in [3.8, 4) is 45.3 Å². The zero-order valence-electron chi connectivity index (χ0n) is 16.9. The van der Waals surface area contributed by atoms with E-state index in [1.807, 2.05) is 84.9 Å². The van der Waals surface area contributed by atoms with E-state index in [0.29, 0.717) is 22.5 Å². The van der Waals surface area contributed by atoms with E-state index in [4.69, 9.17) is 26.6 Å². The zero-order valence-corrected chi connectivity index (χ0v) is 19.3. The molecule has 0 atom stereocenters. The molecule has 5 rings (SSSR count). The van der Waals surface area contributed by atoms with Gasteiger partial charge in [-0.15, -0.1) is 0 Å². The van der Waals surface area contributed by atoms with E-state index in [1.165, 1.54) is 0 Å². The van der Waals surface area contributed by atoms with Gasteiger partial charge >= 0.3 is 0 Å². The van der Waals surface area contributed by atoms with Crippen molar-refractivity contribution in [3.05, 3.63) is 113 Å². The third kappa shape index (κ3) is 4.33. The van der Waals surface area contributed by atoms with Crippen LogP contribution in [0.15, 0.2) is 108 Å². The minimum Gasteiger partial charge on any atom is -0.208 e. The Kier molecular flexibility index (Phi) is 5.80. The molecule has 0 radical (unpaired) electrons. The molecule has 1 heterocycles. The minimum absolute atomic E-state index is 0.569. The summed E-state index contributed by atoms with van der Waals surface area (Å²) in [4.78, 5) is 14.5. The maximum atomic E-state index is 6.32. The van der Waals surface area contributed by atoms with Gasteiger partial charge < -0.3 is 0 Å². The van der Waals surface area contributed by atoms with Crippen LogP contribution in [-0.2, 0) is 0 Å². The number of aromatic nitrogens is 3. The first-order chi connectivity index (χ1) is 15.7. The molecule has 3 nitrogen and oxygen atoms in total. The molecule has 0 bridgehead atoms. The molecule has 5 aromatic rings. The fourth-order valence-electron chi connectivity index (χ4n) is 3.57. The molecular formula is C27H17BrClN3. The van der Waals surface area contributed by atoms with Gasteiger partial charge in [0.25, 0.3) is 0 Å². The molecule has 0 aliphatic heterocycles. The van der Waals surface area contributed by atoms with E-state index in [2.05, 4.69) is 34.1 Å². The minimum atomic E-state index is 0.569. The summed E-state index contributed by atoms with van der Waals surface area (Å²) in [5.74, 6) is 1.80. The van der Waals surface area contributed by atoms with E-state index >= 15 is 0 Å². The van der Waals surface area contributed by atoms with Crippen molar-refractivity contribution in [3.63, 3.8) is 0 Å². The van der Waals surface area contributed by atoms with Gasteiger partial charge in [-0.3, -0.25) is 0 Å². The first-order valence-electron chi connectivity index (χ1n) is 10.1. The maximum absolute atomic E-state index is 6.32. The second-order valence-corrected chi connectivity index (χ2v) is 8.59. The van der Waals surface area contributed by atoms with Gasteiger partial charge in [0.05, 0.1) is 0 Å². The van der Waals surface area contributed by atoms with Gasteiger partial charge in [-0.2, -0.15) is 0 Å². The van der Waals surface area contributed by atoms with E-state index in [-0.39, 0.29) is 0 Å². The van der Waals surface area contributed by atoms with Crippen LogP contribution >= 0.6 is 27.5 Å². The number of benzene rings is 4. The fourth-order valence-corrected chi connectivity index (χ4v) is 4.43. The summed E-state index contributed by atoms with van der Waals surface area (Å²) in [5.41, 5.74) is 4.87. The Morgan fingerprint density at radius 1 is 0.500 bits per heavy atom. The second kappa shape index (κ2) is 9.03. The third-order valence-electron chi connectivity index (χ3n) is 5.04. The lowest BCUT2D eigenvalue weighted by Gasteiger charge is -2.12. The second-order valence-electron chi connectivity index (χ2n) is 7.24. The molecule has 154 valence electrons. The van der Waals surface area contributed by atoms with Gasteiger partial charge in [0.1, 0.15) is 0 Å². The Morgan fingerprint density at radius 2 is 1.03 bits per heavy atom. The van der Waals surface area contributed by atoms with Crippen LogP contribution in [-0.4, -0.2) is 15.0 Å². The Morgan fingerprint density at radius 3 is 1.69 bits per heavy atom. The van der Waals surface area contributed by atoms with Crippen molar-refractivity contribution in [1.29, 1.82) is 0 Å². The third-order valence-corrected chi connectivity index (χ3v) is 5.72.